The van der Waals surface area contributed by atoms with Gasteiger partial charge in [0.1, 0.15) is 11.8 Å². The number of nitrogens with zero attached hydrogens (tertiary/aromatic N) is 2. The summed E-state index contributed by atoms with van der Waals surface area (Å²) < 4.78 is 5.15. The molecule has 2 rings (SSSR count). The number of hydrogen-bond acceptors (Lipinski definition) is 4. The van der Waals surface area contributed by atoms with Gasteiger partial charge < -0.3 is 14.5 Å². The molecule has 0 saturated heterocycles. The molecule has 25 heavy (non-hydrogen) atoms. The lowest BCUT2D eigenvalue weighted by Gasteiger charge is -2.26. The van der Waals surface area contributed by atoms with Crippen molar-refractivity contribution >= 4 is 11.9 Å². The fraction of sp³-hybridized carbons (Fsp3) is 0.421. The molecule has 6 heteroatoms. The number of rotatable bonds is 7. The van der Waals surface area contributed by atoms with Crippen molar-refractivity contribution in [3.8, 4) is 0 Å². The molecule has 1 heterocycles. The van der Waals surface area contributed by atoms with Crippen LogP contribution in [0.3, 0.4) is 0 Å². The minimum absolute atomic E-state index is 0.0904. The van der Waals surface area contributed by atoms with Crippen LogP contribution in [0.1, 0.15) is 41.8 Å². The molecular formula is C19H24N2O4. The first kappa shape index (κ1) is 18.7. The van der Waals surface area contributed by atoms with Gasteiger partial charge in [-0.3, -0.25) is 4.79 Å². The fourth-order valence-electron chi connectivity index (χ4n) is 3.10. The molecule has 1 amide bonds. The van der Waals surface area contributed by atoms with E-state index >= 15 is 0 Å². The topological polar surface area (TPSA) is 83.6 Å². The third-order valence-electron chi connectivity index (χ3n) is 4.48. The number of aryl methyl sites for hydroxylation is 2. The largest absolute Gasteiger partial charge is 0.480 e. The van der Waals surface area contributed by atoms with E-state index in [9.17, 15) is 14.7 Å². The van der Waals surface area contributed by atoms with Crippen molar-refractivity contribution in [2.75, 3.05) is 7.05 Å². The Labute approximate surface area is 147 Å². The summed E-state index contributed by atoms with van der Waals surface area (Å²) >= 11 is 0. The van der Waals surface area contributed by atoms with Crippen molar-refractivity contribution in [2.45, 2.75) is 45.6 Å². The van der Waals surface area contributed by atoms with Gasteiger partial charge in [-0.2, -0.15) is 0 Å². The summed E-state index contributed by atoms with van der Waals surface area (Å²) in [6.07, 6.45) is 0.482. The monoisotopic (exact) mass is 344 g/mol. The van der Waals surface area contributed by atoms with E-state index in [0.29, 0.717) is 5.76 Å². The number of carbonyl (C=O) groups excluding carboxylic acids is 1. The summed E-state index contributed by atoms with van der Waals surface area (Å²) in [7, 11) is 1.55. The van der Waals surface area contributed by atoms with Gasteiger partial charge in [-0.05, 0) is 25.3 Å². The Morgan fingerprint density at radius 2 is 1.88 bits per heavy atom. The van der Waals surface area contributed by atoms with Crippen LogP contribution in [-0.4, -0.2) is 40.1 Å². The van der Waals surface area contributed by atoms with Crippen molar-refractivity contribution in [3.63, 3.8) is 0 Å². The predicted octanol–water partition coefficient (Wildman–Crippen LogP) is 2.94. The minimum atomic E-state index is -1.01. The van der Waals surface area contributed by atoms with Crippen LogP contribution in [0.5, 0.6) is 0 Å². The van der Waals surface area contributed by atoms with E-state index in [2.05, 4.69) is 5.16 Å². The van der Waals surface area contributed by atoms with Gasteiger partial charge in [0.25, 0.3) is 0 Å². The summed E-state index contributed by atoms with van der Waals surface area (Å²) in [5, 5.41) is 13.5. The van der Waals surface area contributed by atoms with E-state index in [1.807, 2.05) is 51.1 Å². The lowest BCUT2D eigenvalue weighted by Crippen LogP contribution is -2.44. The van der Waals surface area contributed by atoms with Gasteiger partial charge in [0, 0.05) is 25.5 Å². The maximum atomic E-state index is 12.6. The number of amides is 1. The van der Waals surface area contributed by atoms with Crippen LogP contribution in [0, 0.1) is 13.8 Å². The Hall–Kier alpha value is -2.63. The number of likely N-dealkylation sites (N-methyl/N-ethyl adjacent to an activating group) is 1. The van der Waals surface area contributed by atoms with Crippen molar-refractivity contribution < 1.29 is 19.2 Å². The lowest BCUT2D eigenvalue weighted by molar-refractivity contribution is -0.149. The van der Waals surface area contributed by atoms with Gasteiger partial charge in [-0.1, -0.05) is 42.4 Å². The Bertz CT molecular complexity index is 720. The molecule has 6 nitrogen and oxygen atoms in total. The zero-order chi connectivity index (χ0) is 18.6. The summed E-state index contributed by atoms with van der Waals surface area (Å²) in [6.45, 7) is 5.58. The van der Waals surface area contributed by atoms with E-state index < -0.39 is 12.0 Å². The van der Waals surface area contributed by atoms with Crippen LogP contribution < -0.4 is 0 Å². The third kappa shape index (κ3) is 4.47. The van der Waals surface area contributed by atoms with Crippen LogP contribution in [0.2, 0.25) is 0 Å². The van der Waals surface area contributed by atoms with Gasteiger partial charge >= 0.3 is 5.97 Å². The first-order valence-corrected chi connectivity index (χ1v) is 8.26. The smallest absolute Gasteiger partial charge is 0.326 e. The molecule has 1 aromatic heterocycles. The number of carbonyl (C=O) groups is 2. The van der Waals surface area contributed by atoms with Crippen molar-refractivity contribution in [3.05, 3.63) is 52.9 Å². The van der Waals surface area contributed by atoms with Gasteiger partial charge in [-0.25, -0.2) is 4.79 Å². The molecule has 1 aromatic carbocycles. The number of aliphatic carboxylic acids is 1. The molecule has 0 radical (unpaired) electrons. The quantitative estimate of drug-likeness (QED) is 0.835. The summed E-state index contributed by atoms with van der Waals surface area (Å²) in [4.78, 5) is 25.6. The van der Waals surface area contributed by atoms with Crippen molar-refractivity contribution in [1.82, 2.24) is 10.1 Å². The predicted molar refractivity (Wildman–Crippen MR) is 93.3 cm³/mol. The molecule has 134 valence electrons. The average Bonchev–Trinajstić information content (AvgIpc) is 2.91. The molecule has 0 saturated carbocycles. The first-order chi connectivity index (χ1) is 11.8. The highest BCUT2D eigenvalue weighted by atomic mass is 16.5. The number of aromatic nitrogens is 1. The average molecular weight is 344 g/mol. The molecular weight excluding hydrogens is 320 g/mol. The van der Waals surface area contributed by atoms with Crippen LogP contribution in [0.25, 0.3) is 0 Å². The maximum Gasteiger partial charge on any atom is 0.326 e. The van der Waals surface area contributed by atoms with Crippen LogP contribution in [-0.2, 0) is 16.0 Å². The second-order valence-corrected chi connectivity index (χ2v) is 6.39. The molecule has 2 atom stereocenters. The maximum absolute atomic E-state index is 12.6. The molecule has 2 unspecified atom stereocenters. The van der Waals surface area contributed by atoms with Crippen LogP contribution in [0.4, 0.5) is 0 Å². The Morgan fingerprint density at radius 3 is 2.40 bits per heavy atom. The normalized spacial score (nSPS) is 13.3. The van der Waals surface area contributed by atoms with E-state index in [4.69, 9.17) is 4.52 Å². The van der Waals surface area contributed by atoms with Gasteiger partial charge in [0.05, 0.1) is 5.69 Å². The molecule has 0 spiro atoms. The molecule has 0 fully saturated rings. The number of carboxylic acids is 1. The zero-order valence-corrected chi connectivity index (χ0v) is 15.0. The Kier molecular flexibility index (Phi) is 5.96. The van der Waals surface area contributed by atoms with Crippen LogP contribution in [0.15, 0.2) is 34.9 Å². The Morgan fingerprint density at radius 1 is 1.24 bits per heavy atom. The molecule has 0 aliphatic heterocycles. The molecule has 0 bridgehead atoms. The highest BCUT2D eigenvalue weighted by Crippen LogP contribution is 2.26. The number of hydrogen-bond donors (Lipinski definition) is 1. The van der Waals surface area contributed by atoms with Gasteiger partial charge in [0.2, 0.25) is 5.91 Å². The van der Waals surface area contributed by atoms with Crippen molar-refractivity contribution in [2.24, 2.45) is 0 Å². The lowest BCUT2D eigenvalue weighted by atomic mass is 9.95. The molecule has 1 N–H and O–H groups in total. The second-order valence-electron chi connectivity index (χ2n) is 6.39. The molecule has 0 aliphatic rings. The van der Waals surface area contributed by atoms with E-state index in [0.717, 1.165) is 16.8 Å². The van der Waals surface area contributed by atoms with E-state index in [-0.39, 0.29) is 24.7 Å². The number of benzene rings is 1. The molecule has 2 aromatic rings. The highest BCUT2D eigenvalue weighted by molar-refractivity contribution is 5.84. The van der Waals surface area contributed by atoms with E-state index in [1.54, 1.807) is 7.05 Å². The summed E-state index contributed by atoms with van der Waals surface area (Å²) in [5.74, 6) is -0.618. The minimum Gasteiger partial charge on any atom is -0.480 e. The van der Waals surface area contributed by atoms with Crippen molar-refractivity contribution in [1.29, 1.82) is 0 Å². The SMILES string of the molecule is Cc1noc(C)c1C(C)CC(=O)N(C)C(Cc1ccccc1)C(=O)O. The third-order valence-corrected chi connectivity index (χ3v) is 4.48. The first-order valence-electron chi connectivity index (χ1n) is 8.26. The fourth-order valence-corrected chi connectivity index (χ4v) is 3.10. The number of carboxylic acid groups (broad SMARTS) is 1. The summed E-state index contributed by atoms with van der Waals surface area (Å²) in [6, 6.07) is 8.42. The van der Waals surface area contributed by atoms with Crippen LogP contribution >= 0.6 is 0 Å². The zero-order valence-electron chi connectivity index (χ0n) is 15.0. The standard InChI is InChI=1S/C19H24N2O4/c1-12(18-13(2)20-25-14(18)3)10-17(22)21(4)16(19(23)24)11-15-8-6-5-7-9-15/h5-9,12,16H,10-11H2,1-4H3,(H,23,24). The second kappa shape index (κ2) is 7.96. The van der Waals surface area contributed by atoms with Gasteiger partial charge in [0.15, 0.2) is 0 Å². The molecule has 0 aliphatic carbocycles. The van der Waals surface area contributed by atoms with Gasteiger partial charge in [-0.15, -0.1) is 0 Å². The van der Waals surface area contributed by atoms with E-state index in [1.165, 1.54) is 4.90 Å². The highest BCUT2D eigenvalue weighted by Gasteiger charge is 2.29. The Balaban J connectivity index is 2.09. The summed E-state index contributed by atoms with van der Waals surface area (Å²) in [5.41, 5.74) is 2.56.